The molecule has 0 fully saturated rings. The van der Waals surface area contributed by atoms with Crippen LogP contribution in [0.1, 0.15) is 11.1 Å². The van der Waals surface area contributed by atoms with Crippen LogP contribution in [0.3, 0.4) is 0 Å². The summed E-state index contributed by atoms with van der Waals surface area (Å²) in [5.74, 6) is 0.532. The van der Waals surface area contributed by atoms with Crippen LogP contribution >= 0.6 is 0 Å². The molecule has 0 saturated heterocycles. The van der Waals surface area contributed by atoms with E-state index in [1.807, 2.05) is 19.1 Å². The van der Waals surface area contributed by atoms with Gasteiger partial charge in [0.05, 0.1) is 10.6 Å². The van der Waals surface area contributed by atoms with E-state index in [4.69, 9.17) is 4.74 Å². The number of hydrogen-bond acceptors (Lipinski definition) is 5. The Bertz CT molecular complexity index is 1060. The van der Waals surface area contributed by atoms with Gasteiger partial charge in [0.2, 0.25) is 0 Å². The highest BCUT2D eigenvalue weighted by molar-refractivity contribution is 7.92. The molecule has 27 heavy (non-hydrogen) atoms. The number of benzene rings is 3. The van der Waals surface area contributed by atoms with Crippen LogP contribution in [0.4, 0.5) is 5.69 Å². The van der Waals surface area contributed by atoms with Crippen LogP contribution in [0.5, 0.6) is 23.0 Å². The summed E-state index contributed by atoms with van der Waals surface area (Å²) in [6.07, 6.45) is 0. The summed E-state index contributed by atoms with van der Waals surface area (Å²) < 4.78 is 33.3. The number of phenolic OH excluding ortho intramolecular Hbond substituents is 2. The Morgan fingerprint density at radius 2 is 1.52 bits per heavy atom. The van der Waals surface area contributed by atoms with E-state index >= 15 is 0 Å². The molecule has 3 aromatic carbocycles. The molecule has 0 heterocycles. The minimum atomic E-state index is -3.86. The van der Waals surface area contributed by atoms with Gasteiger partial charge in [0, 0.05) is 6.07 Å². The lowest BCUT2D eigenvalue weighted by Gasteiger charge is -2.14. The second kappa shape index (κ2) is 7.20. The normalized spacial score (nSPS) is 11.2. The van der Waals surface area contributed by atoms with Crippen LogP contribution in [0, 0.1) is 13.8 Å². The SMILES string of the molecule is Cc1ccc(Oc2cc(NS(=O)(=O)c3ccc(O)cc3)c(C)cc2O)cc1. The van der Waals surface area contributed by atoms with Crippen molar-refractivity contribution in [1.82, 2.24) is 0 Å². The molecule has 0 spiro atoms. The van der Waals surface area contributed by atoms with Crippen molar-refractivity contribution in [2.75, 3.05) is 4.72 Å². The minimum absolute atomic E-state index is 0.00813. The van der Waals surface area contributed by atoms with Crippen molar-refractivity contribution in [3.8, 4) is 23.0 Å². The van der Waals surface area contributed by atoms with Gasteiger partial charge in [-0.2, -0.15) is 0 Å². The monoisotopic (exact) mass is 385 g/mol. The van der Waals surface area contributed by atoms with E-state index < -0.39 is 10.0 Å². The average molecular weight is 385 g/mol. The third-order valence-corrected chi connectivity index (χ3v) is 5.33. The first-order valence-electron chi connectivity index (χ1n) is 8.14. The van der Waals surface area contributed by atoms with Gasteiger partial charge >= 0.3 is 0 Å². The quantitative estimate of drug-likeness (QED) is 0.569. The number of nitrogens with one attached hydrogen (secondary N) is 1. The van der Waals surface area contributed by atoms with Crippen molar-refractivity contribution in [3.63, 3.8) is 0 Å². The summed E-state index contributed by atoms with van der Waals surface area (Å²) in [6.45, 7) is 3.62. The molecule has 3 rings (SSSR count). The maximum Gasteiger partial charge on any atom is 0.261 e. The van der Waals surface area contributed by atoms with Crippen molar-refractivity contribution in [1.29, 1.82) is 0 Å². The first-order chi connectivity index (χ1) is 12.7. The van der Waals surface area contributed by atoms with E-state index in [0.717, 1.165) is 5.56 Å². The lowest BCUT2D eigenvalue weighted by atomic mass is 10.2. The molecule has 0 radical (unpaired) electrons. The Balaban J connectivity index is 1.91. The van der Waals surface area contributed by atoms with Gasteiger partial charge in [-0.25, -0.2) is 8.42 Å². The van der Waals surface area contributed by atoms with Crippen molar-refractivity contribution < 1.29 is 23.4 Å². The van der Waals surface area contributed by atoms with Crippen LogP contribution in [0.15, 0.2) is 65.6 Å². The van der Waals surface area contributed by atoms with Crippen molar-refractivity contribution in [3.05, 3.63) is 71.8 Å². The molecule has 0 aliphatic heterocycles. The number of anilines is 1. The number of rotatable bonds is 5. The largest absolute Gasteiger partial charge is 0.508 e. The number of aryl methyl sites for hydroxylation is 2. The molecule has 0 saturated carbocycles. The summed E-state index contributed by atoms with van der Waals surface area (Å²) in [4.78, 5) is 0.00813. The van der Waals surface area contributed by atoms with Gasteiger partial charge in [-0.05, 0) is 61.9 Å². The molecule has 0 atom stereocenters. The van der Waals surface area contributed by atoms with Gasteiger partial charge in [-0.3, -0.25) is 4.72 Å². The Labute approximate surface area is 157 Å². The second-order valence-electron chi connectivity index (χ2n) is 6.15. The average Bonchev–Trinajstić information content (AvgIpc) is 2.61. The number of sulfonamides is 1. The molecule has 7 heteroatoms. The van der Waals surface area contributed by atoms with Gasteiger partial charge < -0.3 is 14.9 Å². The Kier molecular flexibility index (Phi) is 4.96. The highest BCUT2D eigenvalue weighted by Gasteiger charge is 2.17. The van der Waals surface area contributed by atoms with Crippen molar-refractivity contribution in [2.24, 2.45) is 0 Å². The molecule has 0 bridgehead atoms. The highest BCUT2D eigenvalue weighted by atomic mass is 32.2. The predicted octanol–water partition coefficient (Wildman–Crippen LogP) is 4.31. The molecular weight excluding hydrogens is 366 g/mol. The number of aromatic hydroxyl groups is 2. The third kappa shape index (κ3) is 4.32. The summed E-state index contributed by atoms with van der Waals surface area (Å²) in [5, 5.41) is 19.5. The van der Waals surface area contributed by atoms with E-state index in [-0.39, 0.29) is 27.8 Å². The molecule has 3 N–H and O–H groups in total. The zero-order valence-electron chi connectivity index (χ0n) is 14.8. The molecule has 0 aliphatic carbocycles. The second-order valence-corrected chi connectivity index (χ2v) is 7.83. The summed E-state index contributed by atoms with van der Waals surface area (Å²) in [7, 11) is -3.86. The standard InChI is InChI=1S/C20H19NO5S/c1-13-3-7-16(8-4-13)26-20-12-18(14(2)11-19(20)23)21-27(24,25)17-9-5-15(22)6-10-17/h3-12,21-23H,1-2H3. The summed E-state index contributed by atoms with van der Waals surface area (Å²) in [6, 6.07) is 15.3. The Morgan fingerprint density at radius 1 is 0.889 bits per heavy atom. The Morgan fingerprint density at radius 3 is 2.15 bits per heavy atom. The molecule has 0 amide bonds. The lowest BCUT2D eigenvalue weighted by molar-refractivity contribution is 0.411. The molecule has 0 aromatic heterocycles. The highest BCUT2D eigenvalue weighted by Crippen LogP contribution is 2.36. The van der Waals surface area contributed by atoms with Crippen molar-refractivity contribution in [2.45, 2.75) is 18.7 Å². The third-order valence-electron chi connectivity index (χ3n) is 3.95. The van der Waals surface area contributed by atoms with Crippen LogP contribution in [-0.4, -0.2) is 18.6 Å². The first kappa shape index (κ1) is 18.6. The number of phenols is 2. The molecule has 0 aliphatic rings. The van der Waals surface area contributed by atoms with E-state index in [1.54, 1.807) is 19.1 Å². The van der Waals surface area contributed by atoms with Gasteiger partial charge in [-0.15, -0.1) is 0 Å². The first-order valence-corrected chi connectivity index (χ1v) is 9.63. The van der Waals surface area contributed by atoms with E-state index in [0.29, 0.717) is 11.3 Å². The van der Waals surface area contributed by atoms with Gasteiger partial charge in [-0.1, -0.05) is 17.7 Å². The Hall–Kier alpha value is -3.19. The van der Waals surface area contributed by atoms with Crippen LogP contribution < -0.4 is 9.46 Å². The zero-order valence-corrected chi connectivity index (χ0v) is 15.6. The fraction of sp³-hybridized carbons (Fsp3) is 0.100. The van der Waals surface area contributed by atoms with Gasteiger partial charge in [0.15, 0.2) is 11.5 Å². The van der Waals surface area contributed by atoms with E-state index in [1.165, 1.54) is 36.4 Å². The topological polar surface area (TPSA) is 95.9 Å². The molecular formula is C20H19NO5S. The lowest BCUT2D eigenvalue weighted by Crippen LogP contribution is -2.13. The fourth-order valence-corrected chi connectivity index (χ4v) is 3.55. The number of ether oxygens (including phenoxy) is 1. The zero-order chi connectivity index (χ0) is 19.6. The fourth-order valence-electron chi connectivity index (χ4n) is 2.43. The van der Waals surface area contributed by atoms with Crippen LogP contribution in [0.2, 0.25) is 0 Å². The number of hydrogen-bond donors (Lipinski definition) is 3. The summed E-state index contributed by atoms with van der Waals surface area (Å²) >= 11 is 0. The van der Waals surface area contributed by atoms with E-state index in [9.17, 15) is 18.6 Å². The minimum Gasteiger partial charge on any atom is -0.508 e. The smallest absolute Gasteiger partial charge is 0.261 e. The van der Waals surface area contributed by atoms with Crippen molar-refractivity contribution >= 4 is 15.7 Å². The molecule has 6 nitrogen and oxygen atoms in total. The van der Waals surface area contributed by atoms with Gasteiger partial charge in [0.25, 0.3) is 10.0 Å². The van der Waals surface area contributed by atoms with Crippen LogP contribution in [-0.2, 0) is 10.0 Å². The van der Waals surface area contributed by atoms with Gasteiger partial charge in [0.1, 0.15) is 11.5 Å². The van der Waals surface area contributed by atoms with Crippen LogP contribution in [0.25, 0.3) is 0 Å². The summed E-state index contributed by atoms with van der Waals surface area (Å²) in [5.41, 5.74) is 1.88. The molecule has 140 valence electrons. The maximum absolute atomic E-state index is 12.6. The molecule has 3 aromatic rings. The van der Waals surface area contributed by atoms with E-state index in [2.05, 4.69) is 4.72 Å². The predicted molar refractivity (Wildman–Crippen MR) is 103 cm³/mol. The molecule has 0 unspecified atom stereocenters. The maximum atomic E-state index is 12.6.